The Kier molecular flexibility index (Phi) is 10.5. The van der Waals surface area contributed by atoms with Crippen LogP contribution in [0.5, 0.6) is 0 Å². The largest absolute Gasteiger partial charge is 0.356 e. The minimum absolute atomic E-state index is 0. The summed E-state index contributed by atoms with van der Waals surface area (Å²) in [5.41, 5.74) is 5.41. The van der Waals surface area contributed by atoms with Crippen molar-refractivity contribution < 1.29 is 4.79 Å². The number of hydrogen-bond acceptors (Lipinski definition) is 2. The van der Waals surface area contributed by atoms with Crippen molar-refractivity contribution in [3.63, 3.8) is 0 Å². The van der Waals surface area contributed by atoms with Crippen molar-refractivity contribution in [3.05, 3.63) is 0 Å². The highest BCUT2D eigenvalue weighted by Gasteiger charge is 2.21. The van der Waals surface area contributed by atoms with Crippen molar-refractivity contribution in [3.8, 4) is 0 Å². The van der Waals surface area contributed by atoms with Gasteiger partial charge in [0.1, 0.15) is 0 Å². The van der Waals surface area contributed by atoms with Crippen molar-refractivity contribution in [2.45, 2.75) is 58.3 Å². The average molecular weight is 277 g/mol. The molecule has 0 aromatic heterocycles. The normalized spacial score (nSPS) is 17.9. The second-order valence-corrected chi connectivity index (χ2v) is 5.43. The molecule has 1 aliphatic rings. The molecule has 0 saturated heterocycles. The predicted molar refractivity (Wildman–Crippen MR) is 78.9 cm³/mol. The molecule has 1 amide bonds. The summed E-state index contributed by atoms with van der Waals surface area (Å²) < 4.78 is 0. The van der Waals surface area contributed by atoms with Gasteiger partial charge in [-0.2, -0.15) is 0 Å². The van der Waals surface area contributed by atoms with Gasteiger partial charge in [0, 0.05) is 13.0 Å². The first-order valence-corrected chi connectivity index (χ1v) is 7.20. The summed E-state index contributed by atoms with van der Waals surface area (Å²) >= 11 is 0. The van der Waals surface area contributed by atoms with Gasteiger partial charge in [0.15, 0.2) is 0 Å². The Morgan fingerprint density at radius 1 is 1.28 bits per heavy atom. The van der Waals surface area contributed by atoms with Crippen LogP contribution in [0.4, 0.5) is 0 Å². The van der Waals surface area contributed by atoms with Gasteiger partial charge in [-0.25, -0.2) is 0 Å². The Morgan fingerprint density at radius 3 is 2.56 bits per heavy atom. The number of hydrogen-bond donors (Lipinski definition) is 2. The number of carbonyl (C=O) groups is 1. The third-order valence-electron chi connectivity index (χ3n) is 3.92. The van der Waals surface area contributed by atoms with Crippen LogP contribution in [0.2, 0.25) is 0 Å². The molecule has 1 saturated carbocycles. The topological polar surface area (TPSA) is 55.1 Å². The Morgan fingerprint density at radius 2 is 1.94 bits per heavy atom. The summed E-state index contributed by atoms with van der Waals surface area (Å²) in [6, 6.07) is 0. The second-order valence-electron chi connectivity index (χ2n) is 5.43. The molecule has 0 aliphatic heterocycles. The number of halogens is 1. The molecule has 0 spiro atoms. The van der Waals surface area contributed by atoms with Crippen molar-refractivity contribution in [2.24, 2.45) is 17.6 Å². The van der Waals surface area contributed by atoms with Gasteiger partial charge in [0.25, 0.3) is 0 Å². The van der Waals surface area contributed by atoms with E-state index >= 15 is 0 Å². The van der Waals surface area contributed by atoms with E-state index in [-0.39, 0.29) is 18.3 Å². The molecule has 1 unspecified atom stereocenters. The van der Waals surface area contributed by atoms with Crippen LogP contribution < -0.4 is 11.1 Å². The maximum Gasteiger partial charge on any atom is 0.220 e. The molecule has 0 aromatic rings. The molecule has 4 heteroatoms. The molecular formula is C14H29ClN2O. The first-order valence-electron chi connectivity index (χ1n) is 7.20. The van der Waals surface area contributed by atoms with Gasteiger partial charge < -0.3 is 11.1 Å². The Balaban J connectivity index is 0.00000289. The fourth-order valence-corrected chi connectivity index (χ4v) is 2.73. The van der Waals surface area contributed by atoms with Crippen molar-refractivity contribution >= 4 is 18.3 Å². The number of rotatable bonds is 7. The lowest BCUT2D eigenvalue weighted by Crippen LogP contribution is -2.28. The molecule has 1 atom stereocenters. The highest BCUT2D eigenvalue weighted by Crippen LogP contribution is 2.31. The average Bonchev–Trinajstić information content (AvgIpc) is 2.36. The molecule has 0 radical (unpaired) electrons. The van der Waals surface area contributed by atoms with E-state index in [9.17, 15) is 4.79 Å². The fourth-order valence-electron chi connectivity index (χ4n) is 2.73. The summed E-state index contributed by atoms with van der Waals surface area (Å²) in [4.78, 5) is 11.7. The lowest BCUT2D eigenvalue weighted by Gasteiger charge is -2.27. The maximum atomic E-state index is 11.7. The molecule has 0 aromatic carbocycles. The van der Waals surface area contributed by atoms with E-state index < -0.39 is 0 Å². The van der Waals surface area contributed by atoms with E-state index in [4.69, 9.17) is 5.73 Å². The number of amides is 1. The van der Waals surface area contributed by atoms with Crippen LogP contribution in [-0.2, 0) is 4.79 Å². The van der Waals surface area contributed by atoms with Crippen molar-refractivity contribution in [1.29, 1.82) is 0 Å². The van der Waals surface area contributed by atoms with Crippen molar-refractivity contribution in [1.82, 2.24) is 5.32 Å². The number of nitrogens with two attached hydrogens (primary N) is 1. The van der Waals surface area contributed by atoms with E-state index in [1.807, 2.05) is 0 Å². The number of unbranched alkanes of at least 4 members (excludes halogenated alkanes) is 1. The molecule has 3 N–H and O–H groups in total. The first kappa shape index (κ1) is 17.7. The molecular weight excluding hydrogens is 248 g/mol. The quantitative estimate of drug-likeness (QED) is 0.703. The van der Waals surface area contributed by atoms with Gasteiger partial charge in [-0.1, -0.05) is 39.0 Å². The molecule has 0 bridgehead atoms. The summed E-state index contributed by atoms with van der Waals surface area (Å²) in [5, 5.41) is 2.99. The van der Waals surface area contributed by atoms with E-state index in [0.717, 1.165) is 25.3 Å². The van der Waals surface area contributed by atoms with Crippen LogP contribution >= 0.6 is 12.4 Å². The molecule has 1 aliphatic carbocycles. The maximum absolute atomic E-state index is 11.7. The Bertz CT molecular complexity index is 218. The molecule has 1 fully saturated rings. The predicted octanol–water partition coefficient (Wildman–Crippen LogP) is 2.87. The smallest absolute Gasteiger partial charge is 0.220 e. The summed E-state index contributed by atoms with van der Waals surface area (Å²) in [5.74, 6) is 1.54. The van der Waals surface area contributed by atoms with E-state index in [1.54, 1.807) is 0 Å². The Labute approximate surface area is 118 Å². The van der Waals surface area contributed by atoms with Crippen LogP contribution in [0.25, 0.3) is 0 Å². The zero-order valence-corrected chi connectivity index (χ0v) is 12.4. The molecule has 18 heavy (non-hydrogen) atoms. The fraction of sp³-hybridized carbons (Fsp3) is 0.929. The van der Waals surface area contributed by atoms with Gasteiger partial charge in [-0.15, -0.1) is 12.4 Å². The molecule has 1 rings (SSSR count). The number of carbonyl (C=O) groups excluding carboxylic acids is 1. The highest BCUT2D eigenvalue weighted by molar-refractivity contribution is 5.85. The Hall–Kier alpha value is -0.280. The number of nitrogens with one attached hydrogen (secondary N) is 1. The lowest BCUT2D eigenvalue weighted by atomic mass is 9.79. The van der Waals surface area contributed by atoms with E-state index in [0.29, 0.717) is 18.9 Å². The standard InChI is InChI=1S/C14H28N2O.ClH/c1-12(13-7-3-2-4-8-13)11-14(17)16-10-6-5-9-15;/h12-13H,2-11,15H2,1H3,(H,16,17);1H. The summed E-state index contributed by atoms with van der Waals surface area (Å²) in [6.07, 6.45) is 9.43. The van der Waals surface area contributed by atoms with Crippen LogP contribution in [-0.4, -0.2) is 19.0 Å². The third kappa shape index (κ3) is 7.22. The van der Waals surface area contributed by atoms with E-state index in [1.165, 1.54) is 32.1 Å². The highest BCUT2D eigenvalue weighted by atomic mass is 35.5. The zero-order valence-electron chi connectivity index (χ0n) is 11.6. The zero-order chi connectivity index (χ0) is 12.5. The van der Waals surface area contributed by atoms with Crippen LogP contribution in [0.1, 0.15) is 58.3 Å². The van der Waals surface area contributed by atoms with Gasteiger partial charge in [0.2, 0.25) is 5.91 Å². The third-order valence-corrected chi connectivity index (χ3v) is 3.92. The minimum Gasteiger partial charge on any atom is -0.356 e. The minimum atomic E-state index is 0. The molecule has 108 valence electrons. The summed E-state index contributed by atoms with van der Waals surface area (Å²) in [7, 11) is 0. The SMILES string of the molecule is CC(CC(=O)NCCCCN)C1CCCCC1.Cl. The van der Waals surface area contributed by atoms with Crippen LogP contribution in [0, 0.1) is 11.8 Å². The van der Waals surface area contributed by atoms with E-state index in [2.05, 4.69) is 12.2 Å². The van der Waals surface area contributed by atoms with Gasteiger partial charge in [-0.3, -0.25) is 4.79 Å². The second kappa shape index (κ2) is 10.6. The van der Waals surface area contributed by atoms with Crippen molar-refractivity contribution in [2.75, 3.05) is 13.1 Å². The van der Waals surface area contributed by atoms with Crippen LogP contribution in [0.3, 0.4) is 0 Å². The molecule has 0 heterocycles. The lowest BCUT2D eigenvalue weighted by molar-refractivity contribution is -0.122. The van der Waals surface area contributed by atoms with Crippen LogP contribution in [0.15, 0.2) is 0 Å². The first-order chi connectivity index (χ1) is 8.24. The van der Waals surface area contributed by atoms with Gasteiger partial charge >= 0.3 is 0 Å². The van der Waals surface area contributed by atoms with Gasteiger partial charge in [0.05, 0.1) is 0 Å². The summed E-state index contributed by atoms with van der Waals surface area (Å²) in [6.45, 7) is 3.73. The van der Waals surface area contributed by atoms with Gasteiger partial charge in [-0.05, 0) is 31.2 Å². The monoisotopic (exact) mass is 276 g/mol. The molecule has 3 nitrogen and oxygen atoms in total.